The molecule has 0 heterocycles. The van der Waals surface area contributed by atoms with E-state index in [1.54, 1.807) is 31.2 Å². The van der Waals surface area contributed by atoms with Crippen molar-refractivity contribution in [3.8, 4) is 5.75 Å². The third-order valence-corrected chi connectivity index (χ3v) is 2.15. The fraction of sp³-hybridized carbons (Fsp3) is 0.0909. The lowest BCUT2D eigenvalue weighted by Gasteiger charge is -2.03. The Bertz CT molecular complexity index is 463. The normalized spacial score (nSPS) is 10.6. The summed E-state index contributed by atoms with van der Waals surface area (Å²) in [5, 5.41) is 10.5. The van der Waals surface area contributed by atoms with Gasteiger partial charge < -0.3 is 5.11 Å². The number of rotatable bonds is 0. The van der Waals surface area contributed by atoms with Crippen LogP contribution in [0.5, 0.6) is 5.75 Å². The summed E-state index contributed by atoms with van der Waals surface area (Å²) in [6.07, 6.45) is 0. The quantitative estimate of drug-likeness (QED) is 0.654. The number of phenols is 1. The monoisotopic (exact) mass is 176 g/mol. The van der Waals surface area contributed by atoms with Crippen molar-refractivity contribution in [2.24, 2.45) is 0 Å². The van der Waals surface area contributed by atoms with Gasteiger partial charge in [-0.05, 0) is 23.9 Å². The first-order valence-corrected chi connectivity index (χ1v) is 4.07. The molecule has 0 unspecified atom stereocenters. The van der Waals surface area contributed by atoms with E-state index in [2.05, 4.69) is 0 Å². The number of benzene rings is 2. The van der Waals surface area contributed by atoms with E-state index in [1.807, 2.05) is 0 Å². The lowest BCUT2D eigenvalue weighted by molar-refractivity contribution is 0.478. The molecule has 0 amide bonds. The van der Waals surface area contributed by atoms with Gasteiger partial charge in [0.2, 0.25) is 0 Å². The molecule has 2 aromatic carbocycles. The largest absolute Gasteiger partial charge is 0.507 e. The van der Waals surface area contributed by atoms with E-state index in [9.17, 15) is 9.50 Å². The van der Waals surface area contributed by atoms with Gasteiger partial charge >= 0.3 is 0 Å². The minimum absolute atomic E-state index is 0.00120. The van der Waals surface area contributed by atoms with Crippen LogP contribution in [0.2, 0.25) is 0 Å². The maximum Gasteiger partial charge on any atom is 0.137 e. The number of phenolic OH excluding ortho intramolecular Hbond substituents is 1. The number of aromatic hydroxyl groups is 1. The van der Waals surface area contributed by atoms with E-state index in [1.165, 1.54) is 6.07 Å². The van der Waals surface area contributed by atoms with Gasteiger partial charge in [-0.2, -0.15) is 0 Å². The highest BCUT2D eigenvalue weighted by molar-refractivity contribution is 5.89. The van der Waals surface area contributed by atoms with Crippen LogP contribution in [0.3, 0.4) is 0 Å². The highest BCUT2D eigenvalue weighted by Gasteiger charge is 2.06. The Hall–Kier alpha value is -1.57. The van der Waals surface area contributed by atoms with E-state index in [0.29, 0.717) is 10.9 Å². The van der Waals surface area contributed by atoms with Crippen molar-refractivity contribution in [3.05, 3.63) is 41.7 Å². The van der Waals surface area contributed by atoms with Gasteiger partial charge in [0.25, 0.3) is 0 Å². The van der Waals surface area contributed by atoms with Crippen LogP contribution in [0, 0.1) is 12.7 Å². The zero-order valence-corrected chi connectivity index (χ0v) is 7.21. The van der Waals surface area contributed by atoms with Gasteiger partial charge in [-0.3, -0.25) is 0 Å². The summed E-state index contributed by atoms with van der Waals surface area (Å²) in [6, 6.07) is 8.47. The maximum absolute atomic E-state index is 13.5. The van der Waals surface area contributed by atoms with Crippen molar-refractivity contribution in [1.29, 1.82) is 0 Å². The molecule has 1 nitrogen and oxygen atoms in total. The second-order valence-corrected chi connectivity index (χ2v) is 3.07. The van der Waals surface area contributed by atoms with Crippen LogP contribution >= 0.6 is 0 Å². The molecule has 0 atom stereocenters. The Labute approximate surface area is 75.4 Å². The zero-order chi connectivity index (χ0) is 9.42. The Balaban J connectivity index is 2.97. The summed E-state index contributed by atoms with van der Waals surface area (Å²) in [4.78, 5) is 0. The van der Waals surface area contributed by atoms with Gasteiger partial charge in [0.1, 0.15) is 11.6 Å². The molecule has 0 saturated heterocycles. The summed E-state index contributed by atoms with van der Waals surface area (Å²) in [5.41, 5.74) is 0.550. The van der Waals surface area contributed by atoms with Gasteiger partial charge in [0, 0.05) is 0 Å². The Morgan fingerprint density at radius 2 is 1.92 bits per heavy atom. The zero-order valence-electron chi connectivity index (χ0n) is 7.21. The standard InChI is InChI=1S/C11H9FO/c1-7-5-6-8-3-2-4-9(13)10(8)11(7)12/h2-6,13H,1H3. The average Bonchev–Trinajstić information content (AvgIpc) is 2.12. The highest BCUT2D eigenvalue weighted by atomic mass is 19.1. The Kier molecular flexibility index (Phi) is 1.69. The molecular weight excluding hydrogens is 167 g/mol. The predicted octanol–water partition coefficient (Wildman–Crippen LogP) is 2.99. The number of hydrogen-bond donors (Lipinski definition) is 1. The van der Waals surface area contributed by atoms with Crippen molar-refractivity contribution in [2.45, 2.75) is 6.92 Å². The summed E-state index contributed by atoms with van der Waals surface area (Å²) >= 11 is 0. The van der Waals surface area contributed by atoms with Crippen LogP contribution in [-0.4, -0.2) is 5.11 Å². The molecular formula is C11H9FO. The lowest BCUT2D eigenvalue weighted by Crippen LogP contribution is -1.84. The summed E-state index contributed by atoms with van der Waals surface area (Å²) in [7, 11) is 0. The van der Waals surface area contributed by atoms with Gasteiger partial charge in [-0.15, -0.1) is 0 Å². The Morgan fingerprint density at radius 3 is 2.69 bits per heavy atom. The molecule has 0 aromatic heterocycles. The number of fused-ring (bicyclic) bond motifs is 1. The van der Waals surface area contributed by atoms with Crippen molar-refractivity contribution in [2.75, 3.05) is 0 Å². The topological polar surface area (TPSA) is 20.2 Å². The van der Waals surface area contributed by atoms with Crippen LogP contribution in [0.25, 0.3) is 10.8 Å². The Morgan fingerprint density at radius 1 is 1.15 bits per heavy atom. The predicted molar refractivity (Wildman–Crippen MR) is 50.3 cm³/mol. The fourth-order valence-corrected chi connectivity index (χ4v) is 1.42. The van der Waals surface area contributed by atoms with Gasteiger partial charge in [-0.25, -0.2) is 4.39 Å². The van der Waals surface area contributed by atoms with Gasteiger partial charge in [0.05, 0.1) is 5.39 Å². The fourth-order valence-electron chi connectivity index (χ4n) is 1.42. The first-order chi connectivity index (χ1) is 6.20. The van der Waals surface area contributed by atoms with Crippen molar-refractivity contribution < 1.29 is 9.50 Å². The SMILES string of the molecule is Cc1ccc2cccc(O)c2c1F. The van der Waals surface area contributed by atoms with Crippen LogP contribution in [0.1, 0.15) is 5.56 Å². The van der Waals surface area contributed by atoms with Gasteiger partial charge in [-0.1, -0.05) is 24.3 Å². The highest BCUT2D eigenvalue weighted by Crippen LogP contribution is 2.28. The molecule has 0 spiro atoms. The smallest absolute Gasteiger partial charge is 0.137 e. The van der Waals surface area contributed by atoms with Gasteiger partial charge in [0.15, 0.2) is 0 Å². The van der Waals surface area contributed by atoms with Crippen LogP contribution in [0.4, 0.5) is 4.39 Å². The first-order valence-electron chi connectivity index (χ1n) is 4.07. The van der Waals surface area contributed by atoms with Crippen molar-refractivity contribution in [1.82, 2.24) is 0 Å². The average molecular weight is 176 g/mol. The number of aryl methyl sites for hydroxylation is 1. The number of hydrogen-bond acceptors (Lipinski definition) is 1. The lowest BCUT2D eigenvalue weighted by atomic mass is 10.1. The van der Waals surface area contributed by atoms with Crippen LogP contribution < -0.4 is 0 Å². The molecule has 13 heavy (non-hydrogen) atoms. The summed E-state index contributed by atoms with van der Waals surface area (Å²) in [6.45, 7) is 1.68. The molecule has 0 aliphatic heterocycles. The molecule has 0 saturated carbocycles. The molecule has 0 aliphatic rings. The second kappa shape index (κ2) is 2.73. The minimum Gasteiger partial charge on any atom is -0.507 e. The van der Waals surface area contributed by atoms with E-state index < -0.39 is 0 Å². The van der Waals surface area contributed by atoms with E-state index in [4.69, 9.17) is 0 Å². The molecule has 2 rings (SSSR count). The molecule has 1 N–H and O–H groups in total. The van der Waals surface area contributed by atoms with E-state index >= 15 is 0 Å². The molecule has 0 aliphatic carbocycles. The molecule has 66 valence electrons. The first kappa shape index (κ1) is 8.05. The molecule has 2 aromatic rings. The van der Waals surface area contributed by atoms with Crippen LogP contribution in [0.15, 0.2) is 30.3 Å². The van der Waals surface area contributed by atoms with Crippen molar-refractivity contribution >= 4 is 10.8 Å². The maximum atomic E-state index is 13.5. The molecule has 0 fully saturated rings. The van der Waals surface area contributed by atoms with Crippen molar-refractivity contribution in [3.63, 3.8) is 0 Å². The summed E-state index contributed by atoms with van der Waals surface area (Å²) in [5.74, 6) is -0.339. The third kappa shape index (κ3) is 1.15. The minimum atomic E-state index is -0.337. The molecule has 2 heteroatoms. The van der Waals surface area contributed by atoms with E-state index in [-0.39, 0.29) is 11.6 Å². The van der Waals surface area contributed by atoms with Crippen LogP contribution in [-0.2, 0) is 0 Å². The molecule has 0 radical (unpaired) electrons. The number of halogens is 1. The third-order valence-electron chi connectivity index (χ3n) is 2.15. The molecule has 0 bridgehead atoms. The van der Waals surface area contributed by atoms with E-state index in [0.717, 1.165) is 5.39 Å². The summed E-state index contributed by atoms with van der Waals surface area (Å²) < 4.78 is 13.5. The second-order valence-electron chi connectivity index (χ2n) is 3.07.